The number of carbonyl (C=O) groups is 2. The van der Waals surface area contributed by atoms with Gasteiger partial charge in [-0.3, -0.25) is 19.5 Å². The third kappa shape index (κ3) is 3.67. The maximum absolute atomic E-state index is 14.7. The Bertz CT molecular complexity index is 1250. The number of halogens is 2. The molecule has 1 unspecified atom stereocenters. The number of hydrogen-bond donors (Lipinski definition) is 1. The number of Topliss-reactive ketones (excluding diaryl/α,β-unsaturated/α-hetero) is 1. The third-order valence-corrected chi connectivity index (χ3v) is 5.30. The van der Waals surface area contributed by atoms with Crippen molar-refractivity contribution in [2.24, 2.45) is 0 Å². The Kier molecular flexibility index (Phi) is 5.78. The van der Waals surface area contributed by atoms with Gasteiger partial charge in [-0.2, -0.15) is 0 Å². The number of rotatable bonds is 5. The van der Waals surface area contributed by atoms with Gasteiger partial charge in [-0.1, -0.05) is 6.07 Å². The fourth-order valence-electron chi connectivity index (χ4n) is 3.84. The highest BCUT2D eigenvalue weighted by atomic mass is 19.1. The van der Waals surface area contributed by atoms with Crippen LogP contribution in [0.3, 0.4) is 0 Å². The number of benzene rings is 2. The van der Waals surface area contributed by atoms with Crippen LogP contribution in [-0.2, 0) is 9.59 Å². The van der Waals surface area contributed by atoms with E-state index in [1.165, 1.54) is 38.7 Å². The molecule has 1 N–H and O–H groups in total. The second-order valence-corrected chi connectivity index (χ2v) is 7.08. The Balaban J connectivity index is 2.02. The molecule has 0 spiro atoms. The van der Waals surface area contributed by atoms with Crippen LogP contribution in [0.5, 0.6) is 11.5 Å². The zero-order chi connectivity index (χ0) is 23.7. The van der Waals surface area contributed by atoms with Crippen LogP contribution in [0, 0.1) is 11.6 Å². The van der Waals surface area contributed by atoms with E-state index < -0.39 is 35.1 Å². The number of ether oxygens (including phenoxy) is 2. The van der Waals surface area contributed by atoms with Crippen LogP contribution in [-0.4, -0.2) is 36.0 Å². The van der Waals surface area contributed by atoms with Gasteiger partial charge in [0.2, 0.25) is 0 Å². The molecule has 0 radical (unpaired) electrons. The summed E-state index contributed by atoms with van der Waals surface area (Å²) in [5, 5.41) is 11.3. The van der Waals surface area contributed by atoms with Gasteiger partial charge in [-0.15, -0.1) is 0 Å². The monoisotopic (exact) mass is 452 g/mol. The Morgan fingerprint density at radius 1 is 1.00 bits per heavy atom. The first-order chi connectivity index (χ1) is 15.9. The summed E-state index contributed by atoms with van der Waals surface area (Å²) in [6, 6.07) is 9.21. The summed E-state index contributed by atoms with van der Waals surface area (Å²) >= 11 is 0. The van der Waals surface area contributed by atoms with Crippen molar-refractivity contribution >= 4 is 23.1 Å². The highest BCUT2D eigenvalue weighted by Crippen LogP contribution is 2.45. The molecule has 1 aromatic heterocycles. The zero-order valence-corrected chi connectivity index (χ0v) is 17.6. The van der Waals surface area contributed by atoms with Crippen LogP contribution in [0.15, 0.2) is 66.5 Å². The fourth-order valence-corrected chi connectivity index (χ4v) is 3.84. The first-order valence-electron chi connectivity index (χ1n) is 9.76. The van der Waals surface area contributed by atoms with E-state index in [2.05, 4.69) is 4.98 Å². The van der Waals surface area contributed by atoms with Gasteiger partial charge in [0.1, 0.15) is 34.5 Å². The van der Waals surface area contributed by atoms with Gasteiger partial charge in [-0.05, 0) is 42.0 Å². The molecule has 1 atom stereocenters. The number of amides is 1. The molecule has 4 rings (SSSR count). The molecule has 1 amide bonds. The summed E-state index contributed by atoms with van der Waals surface area (Å²) in [5.41, 5.74) is -0.188. The third-order valence-electron chi connectivity index (χ3n) is 5.30. The maximum Gasteiger partial charge on any atom is 0.300 e. The molecule has 1 aliphatic heterocycles. The van der Waals surface area contributed by atoms with Crippen LogP contribution in [0.25, 0.3) is 5.76 Å². The molecule has 2 aromatic carbocycles. The minimum Gasteiger partial charge on any atom is -0.506 e. The van der Waals surface area contributed by atoms with Gasteiger partial charge in [0.05, 0.1) is 31.5 Å². The minimum atomic E-state index is -1.22. The summed E-state index contributed by atoms with van der Waals surface area (Å²) in [7, 11) is 2.75. The van der Waals surface area contributed by atoms with Gasteiger partial charge >= 0.3 is 0 Å². The molecular formula is C24H18F2N2O5. The number of methoxy groups -OCH3 is 2. The molecule has 168 valence electrons. The molecule has 1 aliphatic rings. The number of anilines is 1. The highest BCUT2D eigenvalue weighted by Gasteiger charge is 2.48. The van der Waals surface area contributed by atoms with E-state index in [4.69, 9.17) is 9.47 Å². The lowest BCUT2D eigenvalue weighted by Crippen LogP contribution is -2.30. The van der Waals surface area contributed by atoms with Crippen molar-refractivity contribution in [3.63, 3.8) is 0 Å². The van der Waals surface area contributed by atoms with E-state index in [1.807, 2.05) is 0 Å². The van der Waals surface area contributed by atoms with Gasteiger partial charge in [0, 0.05) is 18.5 Å². The van der Waals surface area contributed by atoms with E-state index >= 15 is 0 Å². The lowest BCUT2D eigenvalue weighted by atomic mass is 9.95. The Labute approximate surface area is 187 Å². The molecule has 9 heteroatoms. The molecule has 2 heterocycles. The SMILES string of the molecule is COc1cccc(OC)c1/C(O)=C1\C(=O)C(=O)N(c2ccc(F)cc2F)C1c1ccncc1. The van der Waals surface area contributed by atoms with Crippen molar-refractivity contribution in [2.45, 2.75) is 6.04 Å². The Hall–Kier alpha value is -4.27. The van der Waals surface area contributed by atoms with Gasteiger partial charge < -0.3 is 14.6 Å². The second-order valence-electron chi connectivity index (χ2n) is 7.08. The second kappa shape index (κ2) is 8.70. The van der Waals surface area contributed by atoms with Crippen molar-refractivity contribution in [3.8, 4) is 11.5 Å². The largest absolute Gasteiger partial charge is 0.506 e. The average Bonchev–Trinajstić information content (AvgIpc) is 3.09. The van der Waals surface area contributed by atoms with Crippen molar-refractivity contribution in [3.05, 3.63) is 89.3 Å². The molecule has 0 saturated carbocycles. The van der Waals surface area contributed by atoms with E-state index in [0.717, 1.165) is 17.0 Å². The van der Waals surface area contributed by atoms with Crippen LogP contribution in [0.2, 0.25) is 0 Å². The number of hydrogen-bond acceptors (Lipinski definition) is 6. The number of ketones is 1. The highest BCUT2D eigenvalue weighted by molar-refractivity contribution is 6.51. The van der Waals surface area contributed by atoms with E-state index in [0.29, 0.717) is 11.6 Å². The van der Waals surface area contributed by atoms with Crippen LogP contribution in [0.1, 0.15) is 17.2 Å². The fraction of sp³-hybridized carbons (Fsp3) is 0.125. The Morgan fingerprint density at radius 3 is 2.21 bits per heavy atom. The lowest BCUT2D eigenvalue weighted by Gasteiger charge is -2.26. The smallest absolute Gasteiger partial charge is 0.300 e. The number of aromatic nitrogens is 1. The van der Waals surface area contributed by atoms with Gasteiger partial charge in [0.15, 0.2) is 0 Å². The molecule has 33 heavy (non-hydrogen) atoms. The number of pyridine rings is 1. The Morgan fingerprint density at radius 2 is 1.64 bits per heavy atom. The van der Waals surface area contributed by atoms with Crippen LogP contribution in [0.4, 0.5) is 14.5 Å². The normalized spacial score (nSPS) is 17.3. The first kappa shape index (κ1) is 21.9. The van der Waals surface area contributed by atoms with Crippen LogP contribution < -0.4 is 14.4 Å². The summed E-state index contributed by atoms with van der Waals surface area (Å²) in [5.74, 6) is -4.19. The molecule has 1 fully saturated rings. The van der Waals surface area contributed by atoms with Crippen LogP contribution >= 0.6 is 0 Å². The predicted molar refractivity (Wildman–Crippen MR) is 115 cm³/mol. The molecule has 0 bridgehead atoms. The number of carbonyl (C=O) groups excluding carboxylic acids is 2. The summed E-state index contributed by atoms with van der Waals surface area (Å²) in [6.07, 6.45) is 2.86. The number of aliphatic hydroxyl groups is 1. The van der Waals surface area contributed by atoms with Gasteiger partial charge in [-0.25, -0.2) is 8.78 Å². The quantitative estimate of drug-likeness (QED) is 0.358. The number of aliphatic hydroxyl groups excluding tert-OH is 1. The first-order valence-corrected chi connectivity index (χ1v) is 9.76. The topological polar surface area (TPSA) is 89.0 Å². The summed E-state index contributed by atoms with van der Waals surface area (Å²) in [6.45, 7) is 0. The van der Waals surface area contributed by atoms with Crippen molar-refractivity contribution in [1.82, 2.24) is 4.98 Å². The lowest BCUT2D eigenvalue weighted by molar-refractivity contribution is -0.132. The van der Waals surface area contributed by atoms with Crippen molar-refractivity contribution in [1.29, 1.82) is 0 Å². The molecule has 3 aromatic rings. The molecule has 1 saturated heterocycles. The summed E-state index contributed by atoms with van der Waals surface area (Å²) in [4.78, 5) is 31.1. The van der Waals surface area contributed by atoms with E-state index in [-0.39, 0.29) is 28.3 Å². The predicted octanol–water partition coefficient (Wildman–Crippen LogP) is 4.00. The van der Waals surface area contributed by atoms with Crippen molar-refractivity contribution in [2.75, 3.05) is 19.1 Å². The molecule has 0 aliphatic carbocycles. The molecule has 7 nitrogen and oxygen atoms in total. The van der Waals surface area contributed by atoms with Crippen molar-refractivity contribution < 1.29 is 33.0 Å². The molecular weight excluding hydrogens is 434 g/mol. The maximum atomic E-state index is 14.7. The summed E-state index contributed by atoms with van der Waals surface area (Å²) < 4.78 is 38.9. The zero-order valence-electron chi connectivity index (χ0n) is 17.6. The standard InChI is InChI=1S/C24H18F2N2O5/c1-32-17-4-3-5-18(33-2)19(17)22(29)20-21(13-8-10-27-11-9-13)28(24(31)23(20)30)16-7-6-14(25)12-15(16)26/h3-12,21,29H,1-2H3/b22-20+. The van der Waals surface area contributed by atoms with Gasteiger partial charge in [0.25, 0.3) is 11.7 Å². The van der Waals surface area contributed by atoms with E-state index in [1.54, 1.807) is 18.2 Å². The van der Waals surface area contributed by atoms with E-state index in [9.17, 15) is 23.5 Å². The average molecular weight is 452 g/mol. The number of nitrogens with zero attached hydrogens (tertiary/aromatic N) is 2. The minimum absolute atomic E-state index is 0.0548.